The van der Waals surface area contributed by atoms with Crippen LogP contribution in [0.15, 0.2) is 34.9 Å². The topological polar surface area (TPSA) is 34.4 Å². The molecule has 0 aliphatic heterocycles. The van der Waals surface area contributed by atoms with E-state index in [1.54, 1.807) is 24.5 Å². The van der Waals surface area contributed by atoms with Gasteiger partial charge in [-0.2, -0.15) is 0 Å². The molecule has 0 saturated heterocycles. The van der Waals surface area contributed by atoms with Gasteiger partial charge in [0.2, 0.25) is 0 Å². The van der Waals surface area contributed by atoms with E-state index in [0.29, 0.717) is 28.4 Å². The van der Waals surface area contributed by atoms with Crippen molar-refractivity contribution in [3.05, 3.63) is 51.9 Å². The fourth-order valence-corrected chi connectivity index (χ4v) is 2.12. The molecule has 20 heavy (non-hydrogen) atoms. The fraction of sp³-hybridized carbons (Fsp3) is 0.333. The second kappa shape index (κ2) is 7.02. The number of hydrogen-bond donors (Lipinski definition) is 1. The van der Waals surface area contributed by atoms with Crippen molar-refractivity contribution in [2.45, 2.75) is 33.0 Å². The van der Waals surface area contributed by atoms with E-state index >= 15 is 0 Å². The van der Waals surface area contributed by atoms with Gasteiger partial charge >= 0.3 is 0 Å². The molecule has 1 heterocycles. The smallest absolute Gasteiger partial charge is 0.146 e. The Hall–Kier alpha value is -1.16. The van der Waals surface area contributed by atoms with Crippen LogP contribution >= 0.6 is 23.2 Å². The quantitative estimate of drug-likeness (QED) is 0.842. The molecule has 0 atom stereocenters. The Morgan fingerprint density at radius 3 is 2.75 bits per heavy atom. The summed E-state index contributed by atoms with van der Waals surface area (Å²) in [4.78, 5) is 0. The minimum Gasteiger partial charge on any atom is -0.484 e. The van der Waals surface area contributed by atoms with Crippen molar-refractivity contribution in [3.63, 3.8) is 0 Å². The molecule has 5 heteroatoms. The number of nitrogens with one attached hydrogen (secondary N) is 1. The minimum absolute atomic E-state index is 0.336. The zero-order valence-corrected chi connectivity index (χ0v) is 13.0. The lowest BCUT2D eigenvalue weighted by molar-refractivity contribution is 0.270. The summed E-state index contributed by atoms with van der Waals surface area (Å²) in [5.74, 6) is 1.35. The maximum atomic E-state index is 6.04. The summed E-state index contributed by atoms with van der Waals surface area (Å²) in [6, 6.07) is 7.55. The van der Waals surface area contributed by atoms with Crippen LogP contribution in [0, 0.1) is 0 Å². The molecule has 108 valence electrons. The number of ether oxygens (including phenoxy) is 1. The van der Waals surface area contributed by atoms with Crippen LogP contribution < -0.4 is 10.1 Å². The third-order valence-electron chi connectivity index (χ3n) is 2.69. The van der Waals surface area contributed by atoms with Crippen molar-refractivity contribution in [3.8, 4) is 5.75 Å². The second-order valence-corrected chi connectivity index (χ2v) is 5.66. The number of halogens is 2. The third-order valence-corrected chi connectivity index (χ3v) is 3.22. The summed E-state index contributed by atoms with van der Waals surface area (Å²) in [5.41, 5.74) is 1.10. The molecular weight excluding hydrogens is 297 g/mol. The highest BCUT2D eigenvalue weighted by Gasteiger charge is 2.06. The Kier molecular flexibility index (Phi) is 5.35. The maximum Gasteiger partial charge on any atom is 0.146 e. The Morgan fingerprint density at radius 1 is 1.25 bits per heavy atom. The maximum absolute atomic E-state index is 6.04. The van der Waals surface area contributed by atoms with Crippen LogP contribution in [-0.4, -0.2) is 6.04 Å². The number of benzene rings is 1. The average molecular weight is 314 g/mol. The van der Waals surface area contributed by atoms with E-state index in [1.165, 1.54) is 0 Å². The lowest BCUT2D eigenvalue weighted by atomic mass is 10.3. The van der Waals surface area contributed by atoms with Crippen molar-refractivity contribution in [1.82, 2.24) is 5.32 Å². The van der Waals surface area contributed by atoms with E-state index in [2.05, 4.69) is 19.2 Å². The Morgan fingerprint density at radius 2 is 2.05 bits per heavy atom. The fourth-order valence-electron chi connectivity index (χ4n) is 1.66. The first-order valence-electron chi connectivity index (χ1n) is 6.42. The average Bonchev–Trinajstić information content (AvgIpc) is 2.83. The van der Waals surface area contributed by atoms with Gasteiger partial charge in [-0.15, -0.1) is 0 Å². The molecule has 0 fully saturated rings. The molecule has 0 spiro atoms. The summed E-state index contributed by atoms with van der Waals surface area (Å²) in [5, 5.41) is 4.40. The number of furan rings is 1. The SMILES string of the molecule is CC(C)NCc1coc(COc2ccc(Cl)cc2Cl)c1. The van der Waals surface area contributed by atoms with E-state index in [1.807, 2.05) is 6.07 Å². The van der Waals surface area contributed by atoms with Crippen LogP contribution in [0.25, 0.3) is 0 Å². The zero-order chi connectivity index (χ0) is 14.5. The summed E-state index contributed by atoms with van der Waals surface area (Å²) < 4.78 is 11.1. The molecule has 0 radical (unpaired) electrons. The van der Waals surface area contributed by atoms with Gasteiger partial charge < -0.3 is 14.5 Å². The van der Waals surface area contributed by atoms with E-state index < -0.39 is 0 Å². The van der Waals surface area contributed by atoms with Crippen LogP contribution in [0.4, 0.5) is 0 Å². The van der Waals surface area contributed by atoms with E-state index in [9.17, 15) is 0 Å². The molecule has 0 bridgehead atoms. The molecule has 3 nitrogen and oxygen atoms in total. The summed E-state index contributed by atoms with van der Waals surface area (Å²) in [6.07, 6.45) is 1.73. The molecule has 1 aromatic carbocycles. The van der Waals surface area contributed by atoms with Crippen LogP contribution in [-0.2, 0) is 13.2 Å². The van der Waals surface area contributed by atoms with Crippen LogP contribution in [0.3, 0.4) is 0 Å². The summed E-state index contributed by atoms with van der Waals surface area (Å²) in [7, 11) is 0. The van der Waals surface area contributed by atoms with Gasteiger partial charge in [0.05, 0.1) is 11.3 Å². The molecule has 2 rings (SSSR count). The zero-order valence-electron chi connectivity index (χ0n) is 11.5. The van der Waals surface area contributed by atoms with Gasteiger partial charge in [0.1, 0.15) is 18.1 Å². The highest BCUT2D eigenvalue weighted by Crippen LogP contribution is 2.28. The lowest BCUT2D eigenvalue weighted by Gasteiger charge is -2.06. The number of rotatable bonds is 6. The molecule has 2 aromatic rings. The van der Waals surface area contributed by atoms with Gasteiger partial charge in [0, 0.05) is 23.2 Å². The Labute approximate surface area is 128 Å². The molecule has 0 saturated carbocycles. The second-order valence-electron chi connectivity index (χ2n) is 4.82. The number of hydrogen-bond acceptors (Lipinski definition) is 3. The minimum atomic E-state index is 0.336. The van der Waals surface area contributed by atoms with Gasteiger partial charge in [0.25, 0.3) is 0 Å². The van der Waals surface area contributed by atoms with Crippen molar-refractivity contribution in [1.29, 1.82) is 0 Å². The first-order valence-corrected chi connectivity index (χ1v) is 7.17. The third kappa shape index (κ3) is 4.44. The van der Waals surface area contributed by atoms with Gasteiger partial charge in [-0.25, -0.2) is 0 Å². The summed E-state index contributed by atoms with van der Waals surface area (Å²) >= 11 is 11.9. The van der Waals surface area contributed by atoms with Crippen molar-refractivity contribution >= 4 is 23.2 Å². The van der Waals surface area contributed by atoms with Gasteiger partial charge in [0.15, 0.2) is 0 Å². The molecule has 0 aliphatic carbocycles. The first kappa shape index (κ1) is 15.2. The molecule has 0 unspecified atom stereocenters. The predicted octanol–water partition coefficient (Wildman–Crippen LogP) is 4.66. The van der Waals surface area contributed by atoms with Gasteiger partial charge in [-0.3, -0.25) is 0 Å². The van der Waals surface area contributed by atoms with Crippen LogP contribution in [0.2, 0.25) is 10.0 Å². The van der Waals surface area contributed by atoms with Crippen LogP contribution in [0.5, 0.6) is 5.75 Å². The molecule has 1 N–H and O–H groups in total. The van der Waals surface area contributed by atoms with Gasteiger partial charge in [-0.1, -0.05) is 37.0 Å². The largest absolute Gasteiger partial charge is 0.484 e. The summed E-state index contributed by atoms with van der Waals surface area (Å²) in [6.45, 7) is 5.32. The Balaban J connectivity index is 1.90. The van der Waals surface area contributed by atoms with E-state index in [0.717, 1.165) is 17.9 Å². The predicted molar refractivity (Wildman–Crippen MR) is 81.5 cm³/mol. The Bertz CT molecular complexity index is 567. The van der Waals surface area contributed by atoms with Crippen molar-refractivity contribution in [2.75, 3.05) is 0 Å². The highest BCUT2D eigenvalue weighted by molar-refractivity contribution is 6.35. The standard InChI is InChI=1S/C15H17Cl2NO2/c1-10(2)18-7-11-5-13(19-8-11)9-20-15-4-3-12(16)6-14(15)17/h3-6,8,10,18H,7,9H2,1-2H3. The monoisotopic (exact) mass is 313 g/mol. The molecule has 0 amide bonds. The highest BCUT2D eigenvalue weighted by atomic mass is 35.5. The molecule has 0 aliphatic rings. The van der Waals surface area contributed by atoms with E-state index in [-0.39, 0.29) is 0 Å². The normalized spacial score (nSPS) is 11.1. The van der Waals surface area contributed by atoms with Gasteiger partial charge in [-0.05, 0) is 24.3 Å². The van der Waals surface area contributed by atoms with Crippen molar-refractivity contribution in [2.24, 2.45) is 0 Å². The lowest BCUT2D eigenvalue weighted by Crippen LogP contribution is -2.21. The molecule has 1 aromatic heterocycles. The van der Waals surface area contributed by atoms with Crippen LogP contribution in [0.1, 0.15) is 25.2 Å². The van der Waals surface area contributed by atoms with Crippen molar-refractivity contribution < 1.29 is 9.15 Å². The van der Waals surface area contributed by atoms with E-state index in [4.69, 9.17) is 32.4 Å². The first-order chi connectivity index (χ1) is 9.54. The molecular formula is C15H17Cl2NO2.